The van der Waals surface area contributed by atoms with Crippen molar-refractivity contribution in [3.63, 3.8) is 0 Å². The largest absolute Gasteiger partial charge is 0.369 e. The van der Waals surface area contributed by atoms with Gasteiger partial charge in [-0.2, -0.15) is 0 Å². The van der Waals surface area contributed by atoms with Gasteiger partial charge in [0.1, 0.15) is 5.52 Å². The Bertz CT molecular complexity index is 510. The van der Waals surface area contributed by atoms with Crippen molar-refractivity contribution in [1.82, 2.24) is 20.3 Å². The van der Waals surface area contributed by atoms with Crippen molar-refractivity contribution in [2.24, 2.45) is 0 Å². The molecular weight excluding hydrogens is 166 g/mol. The van der Waals surface area contributed by atoms with E-state index in [-0.39, 0.29) is 0 Å². The minimum absolute atomic E-state index is 0.408. The smallest absolute Gasteiger partial charge is 0.198 e. The minimum atomic E-state index is 0.408. The van der Waals surface area contributed by atoms with Crippen LogP contribution in [0.2, 0.25) is 0 Å². The van der Waals surface area contributed by atoms with E-state index in [1.54, 1.807) is 12.4 Å². The summed E-state index contributed by atoms with van der Waals surface area (Å²) in [5, 5.41) is 4.08. The van der Waals surface area contributed by atoms with E-state index in [2.05, 4.69) is 20.3 Å². The highest BCUT2D eigenvalue weighted by atomic mass is 15.1. The summed E-state index contributed by atoms with van der Waals surface area (Å²) in [6, 6.07) is 0. The number of anilines is 1. The van der Waals surface area contributed by atoms with Crippen molar-refractivity contribution < 1.29 is 0 Å². The number of rotatable bonds is 0. The molecule has 3 heterocycles. The number of fused-ring (bicyclic) bond motifs is 3. The average Bonchev–Trinajstić information content (AvgIpc) is 2.65. The standard InChI is InChI=1S/C8H6N5/c9-8-12-5-3-11-7-4(1-2-10-7)6(5)13-8/h1-3H,(H3,9,12,13). The van der Waals surface area contributed by atoms with Crippen molar-refractivity contribution in [3.8, 4) is 0 Å². The van der Waals surface area contributed by atoms with Gasteiger partial charge in [0.25, 0.3) is 0 Å². The van der Waals surface area contributed by atoms with Crippen LogP contribution in [0.25, 0.3) is 17.1 Å². The Morgan fingerprint density at radius 2 is 2.31 bits per heavy atom. The van der Waals surface area contributed by atoms with Gasteiger partial charge in [0.05, 0.1) is 11.7 Å². The van der Waals surface area contributed by atoms with Crippen LogP contribution in [0.15, 0.2) is 12.4 Å². The lowest BCUT2D eigenvalue weighted by atomic mass is 10.2. The van der Waals surface area contributed by atoms with Crippen LogP contribution in [0.4, 0.5) is 11.8 Å². The molecule has 0 amide bonds. The molecule has 13 heavy (non-hydrogen) atoms. The summed E-state index contributed by atoms with van der Waals surface area (Å²) >= 11 is 0. The second kappa shape index (κ2) is 2.01. The molecule has 0 bridgehead atoms. The van der Waals surface area contributed by atoms with Gasteiger partial charge in [0, 0.05) is 11.8 Å². The van der Waals surface area contributed by atoms with E-state index in [1.165, 1.54) is 0 Å². The van der Waals surface area contributed by atoms with E-state index in [0.29, 0.717) is 5.95 Å². The third-order valence-electron chi connectivity index (χ3n) is 2.01. The average molecular weight is 172 g/mol. The van der Waals surface area contributed by atoms with E-state index in [4.69, 9.17) is 5.73 Å². The lowest BCUT2D eigenvalue weighted by molar-refractivity contribution is 1.12. The zero-order chi connectivity index (χ0) is 8.84. The molecule has 63 valence electrons. The molecule has 3 rings (SSSR count). The highest BCUT2D eigenvalue weighted by Gasteiger charge is 2.13. The predicted molar refractivity (Wildman–Crippen MR) is 49.1 cm³/mol. The van der Waals surface area contributed by atoms with Crippen molar-refractivity contribution in [1.29, 1.82) is 0 Å². The first kappa shape index (κ1) is 6.47. The number of imidazole rings is 1. The number of nitrogens with one attached hydrogen (secondary N) is 1. The number of aromatic amines is 1. The first-order valence-corrected chi connectivity index (χ1v) is 3.86. The number of nitrogen functional groups attached to an aromatic ring is 1. The van der Waals surface area contributed by atoms with Gasteiger partial charge >= 0.3 is 0 Å². The van der Waals surface area contributed by atoms with Crippen LogP contribution in [0.5, 0.6) is 0 Å². The maximum absolute atomic E-state index is 5.54. The Labute approximate surface area is 73.7 Å². The topological polar surface area (TPSA) is 81.7 Å². The van der Waals surface area contributed by atoms with Crippen molar-refractivity contribution in [2.45, 2.75) is 0 Å². The van der Waals surface area contributed by atoms with E-state index >= 15 is 0 Å². The molecule has 5 heteroatoms. The lowest BCUT2D eigenvalue weighted by Gasteiger charge is -1.95. The van der Waals surface area contributed by atoms with Crippen LogP contribution in [-0.2, 0) is 0 Å². The van der Waals surface area contributed by atoms with Crippen molar-refractivity contribution in [2.75, 3.05) is 5.73 Å². The SMILES string of the molecule is Nc1nc2cnc3c(c2[nH]1)C=C[N]3. The van der Waals surface area contributed by atoms with Gasteiger partial charge in [-0.15, -0.1) is 0 Å². The van der Waals surface area contributed by atoms with Crippen LogP contribution >= 0.6 is 0 Å². The molecule has 5 nitrogen and oxygen atoms in total. The summed E-state index contributed by atoms with van der Waals surface area (Å²) in [5.74, 6) is 1.13. The highest BCUT2D eigenvalue weighted by Crippen LogP contribution is 2.27. The van der Waals surface area contributed by atoms with Gasteiger partial charge in [-0.3, -0.25) is 0 Å². The Morgan fingerprint density at radius 3 is 3.23 bits per heavy atom. The summed E-state index contributed by atoms with van der Waals surface area (Å²) < 4.78 is 0. The molecular formula is C8H6N5. The molecule has 0 atom stereocenters. The number of aromatic nitrogens is 3. The Balaban J connectivity index is 2.48. The molecule has 2 aromatic rings. The molecule has 1 radical (unpaired) electrons. The third-order valence-corrected chi connectivity index (χ3v) is 2.01. The molecule has 1 aliphatic rings. The van der Waals surface area contributed by atoms with E-state index in [0.717, 1.165) is 22.4 Å². The van der Waals surface area contributed by atoms with Gasteiger partial charge in [0.15, 0.2) is 11.8 Å². The van der Waals surface area contributed by atoms with Crippen LogP contribution in [-0.4, -0.2) is 15.0 Å². The van der Waals surface area contributed by atoms with Crippen LogP contribution < -0.4 is 11.1 Å². The number of hydrogen-bond acceptors (Lipinski definition) is 3. The summed E-state index contributed by atoms with van der Waals surface area (Å²) in [4.78, 5) is 11.2. The fraction of sp³-hybridized carbons (Fsp3) is 0. The van der Waals surface area contributed by atoms with E-state index in [9.17, 15) is 0 Å². The minimum Gasteiger partial charge on any atom is -0.369 e. The predicted octanol–water partition coefficient (Wildman–Crippen LogP) is 0.760. The fourth-order valence-electron chi connectivity index (χ4n) is 1.45. The number of nitrogens with two attached hydrogens (primary N) is 1. The molecule has 0 spiro atoms. The summed E-state index contributed by atoms with van der Waals surface area (Å²) in [6.07, 6.45) is 5.27. The summed E-state index contributed by atoms with van der Waals surface area (Å²) in [5.41, 5.74) is 8.17. The lowest BCUT2D eigenvalue weighted by Crippen LogP contribution is -1.87. The van der Waals surface area contributed by atoms with Crippen molar-refractivity contribution >= 4 is 28.9 Å². The quantitative estimate of drug-likeness (QED) is 0.615. The number of nitrogens with zero attached hydrogens (tertiary/aromatic N) is 3. The van der Waals surface area contributed by atoms with Gasteiger partial charge in [-0.25, -0.2) is 15.3 Å². The monoisotopic (exact) mass is 172 g/mol. The van der Waals surface area contributed by atoms with Crippen LogP contribution in [0, 0.1) is 0 Å². The summed E-state index contributed by atoms with van der Waals surface area (Å²) in [6.45, 7) is 0. The molecule has 0 saturated carbocycles. The zero-order valence-electron chi connectivity index (χ0n) is 6.65. The molecule has 0 saturated heterocycles. The van der Waals surface area contributed by atoms with Gasteiger partial charge < -0.3 is 10.7 Å². The normalized spacial score (nSPS) is 13.2. The number of hydrogen-bond donors (Lipinski definition) is 2. The zero-order valence-corrected chi connectivity index (χ0v) is 6.65. The Hall–Kier alpha value is -2.04. The van der Waals surface area contributed by atoms with E-state index in [1.807, 2.05) is 6.08 Å². The van der Waals surface area contributed by atoms with Crippen LogP contribution in [0.3, 0.4) is 0 Å². The van der Waals surface area contributed by atoms with Crippen molar-refractivity contribution in [3.05, 3.63) is 18.0 Å². The second-order valence-corrected chi connectivity index (χ2v) is 2.82. The second-order valence-electron chi connectivity index (χ2n) is 2.82. The molecule has 0 aromatic carbocycles. The maximum atomic E-state index is 5.54. The van der Waals surface area contributed by atoms with E-state index < -0.39 is 0 Å². The maximum Gasteiger partial charge on any atom is 0.198 e. The Morgan fingerprint density at radius 1 is 1.38 bits per heavy atom. The third kappa shape index (κ3) is 0.752. The van der Waals surface area contributed by atoms with Crippen LogP contribution in [0.1, 0.15) is 5.56 Å². The molecule has 0 unspecified atom stereocenters. The highest BCUT2D eigenvalue weighted by molar-refractivity contribution is 5.91. The molecule has 1 aliphatic heterocycles. The number of H-pyrrole nitrogens is 1. The molecule has 2 aromatic heterocycles. The van der Waals surface area contributed by atoms with Gasteiger partial charge in [-0.05, 0) is 6.08 Å². The molecule has 3 N–H and O–H groups in total. The number of pyridine rings is 1. The first-order valence-electron chi connectivity index (χ1n) is 3.86. The van der Waals surface area contributed by atoms with Gasteiger partial charge in [-0.1, -0.05) is 0 Å². The molecule has 0 aliphatic carbocycles. The van der Waals surface area contributed by atoms with Gasteiger partial charge in [0.2, 0.25) is 0 Å². The summed E-state index contributed by atoms with van der Waals surface area (Å²) in [7, 11) is 0. The fourth-order valence-corrected chi connectivity index (χ4v) is 1.45. The first-order chi connectivity index (χ1) is 6.34. The molecule has 0 fully saturated rings. The Kier molecular flexibility index (Phi) is 0.999.